The minimum atomic E-state index is -4.26. The summed E-state index contributed by atoms with van der Waals surface area (Å²) in [5.74, 6) is -0.176. The van der Waals surface area contributed by atoms with Gasteiger partial charge in [-0.3, -0.25) is 4.98 Å². The number of nitrogens with zero attached hydrogens (tertiary/aromatic N) is 2. The second kappa shape index (κ2) is 24.5. The SMILES string of the molecule is C.CC(C)(C)c1ccc(Br)c(Cl)c1.Cc1ccc(C(C)(C)C)cc1Br.Cc1ccc(C(C)(C)C)cc1C#N.Cc1ccc(C(C)(C)C)cc1C(F)(F)F.Cc1nccc(C(C)(C)C)c1F. The number of benzene rings is 4. The number of rotatable bonds is 0. The molecule has 0 unspecified atom stereocenters. The summed E-state index contributed by atoms with van der Waals surface area (Å²) in [4.78, 5) is 3.88. The van der Waals surface area contributed by atoms with Crippen molar-refractivity contribution in [1.82, 2.24) is 4.98 Å². The molecule has 0 aliphatic carbocycles. The van der Waals surface area contributed by atoms with Crippen LogP contribution in [0.2, 0.25) is 5.02 Å². The normalized spacial score (nSPS) is 11.7. The van der Waals surface area contributed by atoms with E-state index in [1.165, 1.54) is 45.8 Å². The molecule has 0 fully saturated rings. The van der Waals surface area contributed by atoms with E-state index in [1.54, 1.807) is 25.3 Å². The van der Waals surface area contributed by atoms with Gasteiger partial charge in [0.15, 0.2) is 0 Å². The standard InChI is InChI=1S/C12H15F3.C12H15N.C11H15Br.C10H12BrCl.C10H14FN.CH4/c1-8-5-6-9(11(2,3)4)7-10(8)12(13,14)15;1-9-5-6-11(12(2,3)4)7-10(9)8-13;1-8-5-6-9(7-10(8)12)11(2,3)4;1-10(2,3)7-4-5-8(11)9(12)6-7;1-7-9(11)8(5-6-12-7)10(2,3)4;/h5-7H,1-4H3;5-7H,1-4H3;5-7H,1-4H3;4-6H,1-3H3;5-6H,1-4H3;1H4. The molecule has 0 aliphatic heterocycles. The highest BCUT2D eigenvalue weighted by molar-refractivity contribution is 9.10. The van der Waals surface area contributed by atoms with Gasteiger partial charge in [-0.15, -0.1) is 0 Å². The summed E-state index contributed by atoms with van der Waals surface area (Å²) in [6, 6.07) is 27.2. The molecule has 1 aromatic heterocycles. The van der Waals surface area contributed by atoms with Crippen LogP contribution in [0.5, 0.6) is 0 Å². The topological polar surface area (TPSA) is 36.7 Å². The van der Waals surface area contributed by atoms with E-state index in [9.17, 15) is 17.6 Å². The summed E-state index contributed by atoms with van der Waals surface area (Å²) in [5, 5.41) is 9.64. The highest BCUT2D eigenvalue weighted by atomic mass is 79.9. The molecule has 5 rings (SSSR count). The lowest BCUT2D eigenvalue weighted by Crippen LogP contribution is -2.14. The van der Waals surface area contributed by atoms with Crippen molar-refractivity contribution in [1.29, 1.82) is 5.26 Å². The summed E-state index contributed by atoms with van der Waals surface area (Å²) in [6.07, 6.45) is -2.61. The Hall–Kier alpha value is -3.51. The fourth-order valence-electron chi connectivity index (χ4n) is 5.75. The molecule has 1 heterocycles. The molecule has 0 spiro atoms. The molecular weight excluding hydrogens is 972 g/mol. The fourth-order valence-corrected chi connectivity index (χ4v) is 6.56. The molecule has 0 atom stereocenters. The molecule has 9 heteroatoms. The lowest BCUT2D eigenvalue weighted by molar-refractivity contribution is -0.138. The summed E-state index contributed by atoms with van der Waals surface area (Å²) in [6.45, 7) is 38.6. The van der Waals surface area contributed by atoms with Gasteiger partial charge in [0.2, 0.25) is 0 Å². The van der Waals surface area contributed by atoms with E-state index in [1.807, 2.05) is 72.7 Å². The van der Waals surface area contributed by atoms with Crippen molar-refractivity contribution >= 4 is 43.5 Å². The molecule has 2 nitrogen and oxygen atoms in total. The van der Waals surface area contributed by atoms with E-state index in [4.69, 9.17) is 16.9 Å². The van der Waals surface area contributed by atoms with E-state index in [0.717, 1.165) is 26.2 Å². The van der Waals surface area contributed by atoms with Gasteiger partial charge < -0.3 is 0 Å². The molecule has 0 radical (unpaired) electrons. The summed E-state index contributed by atoms with van der Waals surface area (Å²) in [7, 11) is 0. The van der Waals surface area contributed by atoms with Gasteiger partial charge in [0.25, 0.3) is 0 Å². The zero-order valence-corrected chi connectivity index (χ0v) is 45.6. The van der Waals surface area contributed by atoms with Crippen LogP contribution in [0.25, 0.3) is 0 Å². The van der Waals surface area contributed by atoms with E-state index >= 15 is 0 Å². The number of aromatic nitrogens is 1. The van der Waals surface area contributed by atoms with Gasteiger partial charge in [0.05, 0.1) is 27.9 Å². The zero-order valence-electron chi connectivity index (χ0n) is 41.6. The molecule has 0 saturated heterocycles. The Morgan fingerprint density at radius 2 is 0.908 bits per heavy atom. The maximum Gasteiger partial charge on any atom is 0.416 e. The van der Waals surface area contributed by atoms with E-state index < -0.39 is 11.7 Å². The Balaban J connectivity index is 0.000000787. The molecule has 358 valence electrons. The first-order chi connectivity index (χ1) is 28.8. The monoisotopic (exact) mass is 1040 g/mol. The molecule has 0 amide bonds. The van der Waals surface area contributed by atoms with Crippen molar-refractivity contribution in [3.63, 3.8) is 0 Å². The summed E-state index contributed by atoms with van der Waals surface area (Å²) < 4.78 is 53.4. The molecule has 5 aromatic rings. The van der Waals surface area contributed by atoms with Crippen LogP contribution in [0, 0.1) is 44.8 Å². The first kappa shape index (κ1) is 61.5. The third-order valence-electron chi connectivity index (χ3n) is 10.3. The second-order valence-electron chi connectivity index (χ2n) is 21.3. The van der Waals surface area contributed by atoms with Crippen LogP contribution < -0.4 is 0 Å². The maximum absolute atomic E-state index is 13.4. The Labute approximate surface area is 413 Å². The Morgan fingerprint density at radius 1 is 0.508 bits per heavy atom. The number of pyridine rings is 1. The van der Waals surface area contributed by atoms with E-state index in [2.05, 4.69) is 142 Å². The van der Waals surface area contributed by atoms with Gasteiger partial charge in [-0.25, -0.2) is 4.39 Å². The number of nitriles is 1. The number of aryl methyl sites for hydroxylation is 4. The molecule has 0 N–H and O–H groups in total. The van der Waals surface area contributed by atoms with Crippen molar-refractivity contribution in [2.45, 2.75) is 172 Å². The quantitative estimate of drug-likeness (QED) is 0.145. The molecule has 4 aromatic carbocycles. The third-order valence-corrected chi connectivity index (χ3v) is 12.4. The maximum atomic E-state index is 13.4. The van der Waals surface area contributed by atoms with Gasteiger partial charge in [0.1, 0.15) is 5.82 Å². The van der Waals surface area contributed by atoms with Crippen LogP contribution in [0.15, 0.2) is 94.0 Å². The van der Waals surface area contributed by atoms with Crippen molar-refractivity contribution < 1.29 is 17.6 Å². The lowest BCUT2D eigenvalue weighted by Gasteiger charge is -2.21. The highest BCUT2D eigenvalue weighted by Gasteiger charge is 2.33. The van der Waals surface area contributed by atoms with Crippen LogP contribution in [-0.2, 0) is 33.3 Å². The predicted octanol–water partition coefficient (Wildman–Crippen LogP) is 19.4. The average molecular weight is 1050 g/mol. The molecule has 0 bridgehead atoms. The number of hydrogen-bond donors (Lipinski definition) is 0. The van der Waals surface area contributed by atoms with Gasteiger partial charge in [-0.05, 0) is 152 Å². The Bertz CT molecular complexity index is 2280. The highest BCUT2D eigenvalue weighted by Crippen LogP contribution is 2.35. The molecule has 65 heavy (non-hydrogen) atoms. The zero-order chi connectivity index (χ0) is 50.0. The number of halogens is 7. The van der Waals surface area contributed by atoms with Gasteiger partial charge in [0, 0.05) is 15.1 Å². The fraction of sp³-hybridized carbons (Fsp3) is 0.464. The van der Waals surface area contributed by atoms with Crippen molar-refractivity contribution in [3.05, 3.63) is 166 Å². The number of hydrogen-bond acceptors (Lipinski definition) is 2. The first-order valence-electron chi connectivity index (χ1n) is 21.4. The first-order valence-corrected chi connectivity index (χ1v) is 23.3. The predicted molar refractivity (Wildman–Crippen MR) is 279 cm³/mol. The van der Waals surface area contributed by atoms with Crippen molar-refractivity contribution in [3.8, 4) is 6.07 Å². The largest absolute Gasteiger partial charge is 0.416 e. The Morgan fingerprint density at radius 3 is 1.29 bits per heavy atom. The van der Waals surface area contributed by atoms with Crippen LogP contribution in [0.4, 0.5) is 17.6 Å². The van der Waals surface area contributed by atoms with Crippen LogP contribution in [0.3, 0.4) is 0 Å². The third kappa shape index (κ3) is 20.5. The summed E-state index contributed by atoms with van der Waals surface area (Å²) >= 11 is 12.9. The van der Waals surface area contributed by atoms with E-state index in [0.29, 0.717) is 11.3 Å². The average Bonchev–Trinajstić information content (AvgIpc) is 3.13. The number of alkyl halides is 3. The Kier molecular flexibility index (Phi) is 23.2. The van der Waals surface area contributed by atoms with Crippen LogP contribution in [0.1, 0.15) is 173 Å². The lowest BCUT2D eigenvalue weighted by atomic mass is 9.85. The smallest absolute Gasteiger partial charge is 0.259 e. The minimum Gasteiger partial charge on any atom is -0.259 e. The summed E-state index contributed by atoms with van der Waals surface area (Å²) in [5.41, 5.74) is 8.78. The molecule has 0 saturated carbocycles. The van der Waals surface area contributed by atoms with E-state index in [-0.39, 0.29) is 45.9 Å². The molecular formula is C56H75Br2ClF4N2. The minimum absolute atomic E-state index is 0. The van der Waals surface area contributed by atoms with Crippen molar-refractivity contribution in [2.24, 2.45) is 0 Å². The van der Waals surface area contributed by atoms with Gasteiger partial charge in [-0.2, -0.15) is 18.4 Å². The molecule has 0 aliphatic rings. The van der Waals surface area contributed by atoms with Crippen LogP contribution >= 0.6 is 43.5 Å². The van der Waals surface area contributed by atoms with Gasteiger partial charge in [-0.1, -0.05) is 181 Å². The second-order valence-corrected chi connectivity index (χ2v) is 23.4. The van der Waals surface area contributed by atoms with Crippen molar-refractivity contribution in [2.75, 3.05) is 0 Å². The van der Waals surface area contributed by atoms with Crippen LogP contribution in [-0.4, -0.2) is 4.98 Å². The van der Waals surface area contributed by atoms with Gasteiger partial charge >= 0.3 is 6.18 Å².